The molecule has 0 aliphatic carbocycles. The van der Waals surface area contributed by atoms with E-state index in [0.29, 0.717) is 32.0 Å². The van der Waals surface area contributed by atoms with E-state index in [-0.39, 0.29) is 24.0 Å². The van der Waals surface area contributed by atoms with Crippen LogP contribution in [0.5, 0.6) is 0 Å². The first-order valence-corrected chi connectivity index (χ1v) is 7.91. The average molecular weight is 345 g/mol. The van der Waals surface area contributed by atoms with Crippen LogP contribution in [-0.4, -0.2) is 50.7 Å². The number of hydrogen-bond acceptors (Lipinski definition) is 6. The molecular weight excluding hydrogens is 328 g/mol. The number of hydroxylamine groups is 1. The minimum Gasteiger partial charge on any atom is -0.443 e. The fourth-order valence-electron chi connectivity index (χ4n) is 2.65. The lowest BCUT2D eigenvalue weighted by Gasteiger charge is -2.24. The van der Waals surface area contributed by atoms with E-state index in [4.69, 9.17) is 9.57 Å². The van der Waals surface area contributed by atoms with Crippen LogP contribution in [0.15, 0.2) is 12.1 Å². The molecule has 6 nitrogen and oxygen atoms in total. The van der Waals surface area contributed by atoms with Crippen molar-refractivity contribution in [3.8, 4) is 0 Å². The van der Waals surface area contributed by atoms with Crippen LogP contribution in [0.1, 0.15) is 0 Å². The van der Waals surface area contributed by atoms with Crippen molar-refractivity contribution < 1.29 is 23.1 Å². The molecule has 2 fully saturated rings. The lowest BCUT2D eigenvalue weighted by Crippen LogP contribution is -2.31. The molecule has 2 aliphatic heterocycles. The van der Waals surface area contributed by atoms with Gasteiger partial charge >= 0.3 is 6.09 Å². The van der Waals surface area contributed by atoms with Crippen LogP contribution in [-0.2, 0) is 9.57 Å². The van der Waals surface area contributed by atoms with Gasteiger partial charge in [0, 0.05) is 37.5 Å². The quantitative estimate of drug-likeness (QED) is 0.815. The lowest BCUT2D eigenvalue weighted by molar-refractivity contribution is 0.0589. The van der Waals surface area contributed by atoms with Gasteiger partial charge in [-0.25, -0.2) is 19.1 Å². The second-order valence-electron chi connectivity index (χ2n) is 5.29. The molecule has 126 valence electrons. The number of carbonyl (C=O) groups excluding carboxylic acids is 1. The Balaban J connectivity index is 1.87. The molecule has 1 atom stereocenters. The molecule has 1 N–H and O–H groups in total. The van der Waals surface area contributed by atoms with E-state index in [9.17, 15) is 13.6 Å². The predicted octanol–water partition coefficient (Wildman–Crippen LogP) is 1.56. The summed E-state index contributed by atoms with van der Waals surface area (Å²) >= 11 is 4.07. The fourth-order valence-corrected chi connectivity index (χ4v) is 2.84. The number of hydrogen-bond donors (Lipinski definition) is 2. The number of nitrogens with zero attached hydrogens (tertiary/aromatic N) is 2. The lowest BCUT2D eigenvalue weighted by atomic mass is 10.2. The molecule has 0 unspecified atom stereocenters. The molecule has 0 radical (unpaired) electrons. The Labute approximate surface area is 137 Å². The number of cyclic esters (lactones) is 1. The number of anilines is 2. The van der Waals surface area contributed by atoms with Crippen LogP contribution in [0.2, 0.25) is 0 Å². The van der Waals surface area contributed by atoms with Gasteiger partial charge in [-0.3, -0.25) is 9.74 Å². The Bertz CT molecular complexity index is 574. The van der Waals surface area contributed by atoms with Crippen molar-refractivity contribution in [3.63, 3.8) is 0 Å². The molecule has 2 saturated heterocycles. The van der Waals surface area contributed by atoms with Gasteiger partial charge in [0.25, 0.3) is 0 Å². The summed E-state index contributed by atoms with van der Waals surface area (Å²) in [5, 5.41) is 0. The smallest absolute Gasteiger partial charge is 0.414 e. The highest BCUT2D eigenvalue weighted by Gasteiger charge is 2.33. The molecule has 0 spiro atoms. The first-order valence-electron chi connectivity index (χ1n) is 7.28. The SMILES string of the molecule is O=C1O[C@@H](CS)CN1c1cc(F)c(N2CCNOCC2)c(F)c1. The van der Waals surface area contributed by atoms with E-state index in [1.165, 1.54) is 4.90 Å². The second kappa shape index (κ2) is 6.90. The Kier molecular flexibility index (Phi) is 4.88. The number of thiol groups is 1. The third kappa shape index (κ3) is 3.36. The van der Waals surface area contributed by atoms with Crippen LogP contribution in [0.3, 0.4) is 0 Å². The van der Waals surface area contributed by atoms with Crippen molar-refractivity contribution in [3.05, 3.63) is 23.8 Å². The minimum absolute atomic E-state index is 0.112. The molecule has 1 amide bonds. The highest BCUT2D eigenvalue weighted by atomic mass is 32.1. The minimum atomic E-state index is -0.718. The third-order valence-corrected chi connectivity index (χ3v) is 4.16. The number of amides is 1. The van der Waals surface area contributed by atoms with Gasteiger partial charge < -0.3 is 9.64 Å². The maximum absolute atomic E-state index is 14.5. The monoisotopic (exact) mass is 345 g/mol. The van der Waals surface area contributed by atoms with E-state index >= 15 is 0 Å². The summed E-state index contributed by atoms with van der Waals surface area (Å²) in [5.41, 5.74) is 2.73. The van der Waals surface area contributed by atoms with Crippen molar-refractivity contribution in [2.24, 2.45) is 0 Å². The maximum atomic E-state index is 14.5. The molecule has 0 aromatic heterocycles. The zero-order chi connectivity index (χ0) is 16.4. The van der Waals surface area contributed by atoms with Crippen molar-refractivity contribution >= 4 is 30.1 Å². The van der Waals surface area contributed by atoms with E-state index in [0.717, 1.165) is 12.1 Å². The summed E-state index contributed by atoms with van der Waals surface area (Å²) in [5.74, 6) is -1.08. The highest BCUT2D eigenvalue weighted by Crippen LogP contribution is 2.31. The molecule has 2 aliphatic rings. The summed E-state index contributed by atoms with van der Waals surface area (Å²) in [6.45, 7) is 1.79. The highest BCUT2D eigenvalue weighted by molar-refractivity contribution is 7.80. The Morgan fingerprint density at radius 3 is 2.70 bits per heavy atom. The first kappa shape index (κ1) is 16.3. The van der Waals surface area contributed by atoms with Gasteiger partial charge in [-0.05, 0) is 0 Å². The molecular formula is C14H17F2N3O3S. The summed E-state index contributed by atoms with van der Waals surface area (Å²) < 4.78 is 34.0. The van der Waals surface area contributed by atoms with Crippen LogP contribution >= 0.6 is 12.6 Å². The van der Waals surface area contributed by atoms with Gasteiger partial charge in [0.15, 0.2) is 11.6 Å². The van der Waals surface area contributed by atoms with Crippen LogP contribution in [0.25, 0.3) is 0 Å². The normalized spacial score (nSPS) is 22.2. The van der Waals surface area contributed by atoms with Crippen molar-refractivity contribution in [2.45, 2.75) is 6.10 Å². The zero-order valence-electron chi connectivity index (χ0n) is 12.3. The van der Waals surface area contributed by atoms with Gasteiger partial charge in [0.05, 0.1) is 18.8 Å². The molecule has 1 aromatic carbocycles. The molecule has 2 heterocycles. The molecule has 3 rings (SSSR count). The fraction of sp³-hybridized carbons (Fsp3) is 0.500. The molecule has 23 heavy (non-hydrogen) atoms. The first-order chi connectivity index (χ1) is 11.1. The summed E-state index contributed by atoms with van der Waals surface area (Å²) in [6.07, 6.45) is -1.01. The molecule has 0 saturated carbocycles. The summed E-state index contributed by atoms with van der Waals surface area (Å²) in [6, 6.07) is 2.31. The number of ether oxygens (including phenoxy) is 1. The van der Waals surface area contributed by atoms with Gasteiger partial charge in [0.1, 0.15) is 11.8 Å². The largest absolute Gasteiger partial charge is 0.443 e. The van der Waals surface area contributed by atoms with Crippen LogP contribution < -0.4 is 15.3 Å². The Morgan fingerprint density at radius 2 is 2.04 bits per heavy atom. The van der Waals surface area contributed by atoms with Gasteiger partial charge in [0.2, 0.25) is 0 Å². The van der Waals surface area contributed by atoms with Crippen molar-refractivity contribution in [1.82, 2.24) is 5.48 Å². The Hall–Kier alpha value is -1.58. The molecule has 1 aromatic rings. The van der Waals surface area contributed by atoms with E-state index < -0.39 is 17.7 Å². The van der Waals surface area contributed by atoms with E-state index in [2.05, 4.69) is 18.1 Å². The summed E-state index contributed by atoms with van der Waals surface area (Å²) in [4.78, 5) is 19.6. The Morgan fingerprint density at radius 1 is 1.30 bits per heavy atom. The maximum Gasteiger partial charge on any atom is 0.414 e. The number of benzene rings is 1. The van der Waals surface area contributed by atoms with E-state index in [1.54, 1.807) is 4.90 Å². The third-order valence-electron chi connectivity index (χ3n) is 3.76. The predicted molar refractivity (Wildman–Crippen MR) is 84.0 cm³/mol. The van der Waals surface area contributed by atoms with Crippen LogP contribution in [0, 0.1) is 11.6 Å². The summed E-state index contributed by atoms with van der Waals surface area (Å²) in [7, 11) is 0. The topological polar surface area (TPSA) is 54.0 Å². The number of halogens is 2. The van der Waals surface area contributed by atoms with Gasteiger partial charge in [-0.15, -0.1) is 0 Å². The van der Waals surface area contributed by atoms with Gasteiger partial charge in [-0.2, -0.15) is 12.6 Å². The van der Waals surface area contributed by atoms with Crippen LogP contribution in [0.4, 0.5) is 25.0 Å². The second-order valence-corrected chi connectivity index (χ2v) is 5.65. The average Bonchev–Trinajstić information content (AvgIpc) is 2.71. The zero-order valence-corrected chi connectivity index (χ0v) is 13.2. The van der Waals surface area contributed by atoms with Crippen molar-refractivity contribution in [1.29, 1.82) is 0 Å². The molecule has 0 bridgehead atoms. The molecule has 9 heteroatoms. The standard InChI is InChI=1S/C14H17F2N3O3S/c15-11-5-9(19-7-10(8-23)22-14(19)20)6-12(16)13(11)18-2-1-17-21-4-3-18/h5-6,10,17,23H,1-4,7-8H2/t10-/m1/s1. The van der Waals surface area contributed by atoms with Crippen molar-refractivity contribution in [2.75, 3.05) is 48.3 Å². The number of carbonyl (C=O) groups is 1. The van der Waals surface area contributed by atoms with Gasteiger partial charge in [-0.1, -0.05) is 0 Å². The van der Waals surface area contributed by atoms with E-state index in [1.807, 2.05) is 0 Å². The number of nitrogens with one attached hydrogen (secondary N) is 1. The number of rotatable bonds is 3.